The molecule has 0 saturated heterocycles. The van der Waals surface area contributed by atoms with Gasteiger partial charge in [-0.25, -0.2) is 0 Å². The van der Waals surface area contributed by atoms with Crippen LogP contribution in [0.4, 0.5) is 0 Å². The molecule has 6 heteroatoms. The fourth-order valence-electron chi connectivity index (χ4n) is 4.11. The lowest BCUT2D eigenvalue weighted by Gasteiger charge is -2.32. The molecule has 4 nitrogen and oxygen atoms in total. The van der Waals surface area contributed by atoms with Gasteiger partial charge < -0.3 is 10.2 Å². The predicted molar refractivity (Wildman–Crippen MR) is 141 cm³/mol. The van der Waals surface area contributed by atoms with Gasteiger partial charge in [-0.2, -0.15) is 0 Å². The number of hydrogen-bond donors (Lipinski definition) is 1. The molecule has 0 aliphatic heterocycles. The Morgan fingerprint density at radius 1 is 0.912 bits per heavy atom. The van der Waals surface area contributed by atoms with Crippen molar-refractivity contribution < 1.29 is 9.59 Å². The van der Waals surface area contributed by atoms with Crippen LogP contribution in [0.15, 0.2) is 60.7 Å². The number of carbonyl (C=O) groups excluding carboxylic acids is 2. The Balaban J connectivity index is 1.88. The fraction of sp³-hybridized carbons (Fsp3) is 0.357. The normalized spacial score (nSPS) is 12.9. The molecule has 34 heavy (non-hydrogen) atoms. The van der Waals surface area contributed by atoms with Gasteiger partial charge >= 0.3 is 0 Å². The first-order valence-corrected chi connectivity index (χ1v) is 12.6. The number of halogens is 2. The maximum Gasteiger partial charge on any atom is 0.243 e. The average molecular weight is 499 g/mol. The Bertz CT molecular complexity index is 1120. The summed E-state index contributed by atoms with van der Waals surface area (Å²) < 4.78 is 0. The Labute approximate surface area is 212 Å². The molecule has 0 unspecified atom stereocenters. The topological polar surface area (TPSA) is 49.4 Å². The molecule has 0 bridgehead atoms. The van der Waals surface area contributed by atoms with Crippen LogP contribution in [-0.4, -0.2) is 28.8 Å². The molecule has 2 amide bonds. The van der Waals surface area contributed by atoms with E-state index >= 15 is 0 Å². The first kappa shape index (κ1) is 26.1. The van der Waals surface area contributed by atoms with Crippen molar-refractivity contribution in [3.63, 3.8) is 0 Å². The molecule has 3 rings (SSSR count). The van der Waals surface area contributed by atoms with Crippen LogP contribution in [-0.2, 0) is 22.6 Å². The number of benzene rings is 3. The molecule has 180 valence electrons. The van der Waals surface area contributed by atoms with Crippen LogP contribution in [0, 0.1) is 0 Å². The lowest BCUT2D eigenvalue weighted by Crippen LogP contribution is -2.50. The van der Waals surface area contributed by atoms with Crippen molar-refractivity contribution in [2.24, 2.45) is 0 Å². The second-order valence-electron chi connectivity index (χ2n) is 8.60. The number of aryl methyl sites for hydroxylation is 1. The third kappa shape index (κ3) is 6.31. The van der Waals surface area contributed by atoms with Gasteiger partial charge in [-0.3, -0.25) is 9.59 Å². The van der Waals surface area contributed by atoms with Gasteiger partial charge in [0.1, 0.15) is 6.04 Å². The number of nitrogens with zero attached hydrogens (tertiary/aromatic N) is 1. The zero-order chi connectivity index (χ0) is 24.7. The Morgan fingerprint density at radius 3 is 2.24 bits per heavy atom. The summed E-state index contributed by atoms with van der Waals surface area (Å²) in [4.78, 5) is 28.4. The molecule has 0 aromatic heterocycles. The van der Waals surface area contributed by atoms with E-state index in [1.54, 1.807) is 23.1 Å². The van der Waals surface area contributed by atoms with E-state index in [0.29, 0.717) is 28.5 Å². The van der Waals surface area contributed by atoms with Crippen molar-refractivity contribution in [2.45, 2.75) is 65.1 Å². The third-order valence-corrected chi connectivity index (χ3v) is 6.97. The Kier molecular flexibility index (Phi) is 9.37. The molecule has 0 radical (unpaired) electrons. The zero-order valence-corrected chi connectivity index (χ0v) is 21.5. The van der Waals surface area contributed by atoms with Crippen molar-refractivity contribution in [2.75, 3.05) is 0 Å². The molecule has 0 fully saturated rings. The maximum absolute atomic E-state index is 13.6. The zero-order valence-electron chi connectivity index (χ0n) is 20.0. The maximum atomic E-state index is 13.6. The average Bonchev–Trinajstić information content (AvgIpc) is 2.84. The minimum atomic E-state index is -0.610. The predicted octanol–water partition coefficient (Wildman–Crippen LogP) is 6.80. The molecular weight excluding hydrogens is 467 g/mol. The van der Waals surface area contributed by atoms with Crippen molar-refractivity contribution >= 4 is 45.8 Å². The SMILES string of the molecule is CC[C@@H](C)NC(=O)[C@@H](CC)N(Cc1c(Cl)cccc1Cl)C(=O)CCc1cccc2ccccc12. The van der Waals surface area contributed by atoms with Gasteiger partial charge in [0.15, 0.2) is 0 Å². The monoisotopic (exact) mass is 498 g/mol. The smallest absolute Gasteiger partial charge is 0.243 e. The van der Waals surface area contributed by atoms with Gasteiger partial charge in [0.05, 0.1) is 0 Å². The van der Waals surface area contributed by atoms with E-state index in [0.717, 1.165) is 22.8 Å². The van der Waals surface area contributed by atoms with Crippen LogP contribution >= 0.6 is 23.2 Å². The third-order valence-electron chi connectivity index (χ3n) is 6.27. The second-order valence-corrected chi connectivity index (χ2v) is 9.42. The van der Waals surface area contributed by atoms with Crippen LogP contribution in [0.5, 0.6) is 0 Å². The standard InChI is InChI=1S/C28H32Cl2N2O2/c1-4-19(3)31-28(34)26(5-2)32(18-23-24(29)14-9-15-25(23)30)27(33)17-16-21-12-8-11-20-10-6-7-13-22(20)21/h6-15,19,26H,4-5,16-18H2,1-3H3,(H,31,34)/t19-,26-/m1/s1. The lowest BCUT2D eigenvalue weighted by atomic mass is 10.00. The van der Waals surface area contributed by atoms with E-state index in [1.807, 2.05) is 39.0 Å². The molecule has 1 N–H and O–H groups in total. The number of hydrogen-bond acceptors (Lipinski definition) is 2. The van der Waals surface area contributed by atoms with E-state index in [-0.39, 0.29) is 30.8 Å². The molecular formula is C28H32Cl2N2O2. The number of carbonyl (C=O) groups is 2. The van der Waals surface area contributed by atoms with Crippen LogP contribution in [0.25, 0.3) is 10.8 Å². The van der Waals surface area contributed by atoms with Gasteiger partial charge in [-0.15, -0.1) is 0 Å². The van der Waals surface area contributed by atoms with Gasteiger partial charge in [0, 0.05) is 34.6 Å². The highest BCUT2D eigenvalue weighted by molar-refractivity contribution is 6.36. The van der Waals surface area contributed by atoms with E-state index in [1.165, 1.54) is 0 Å². The van der Waals surface area contributed by atoms with Crippen LogP contribution in [0.2, 0.25) is 10.0 Å². The summed E-state index contributed by atoms with van der Waals surface area (Å²) in [5.74, 6) is -0.256. The van der Waals surface area contributed by atoms with Crippen molar-refractivity contribution in [1.82, 2.24) is 10.2 Å². The first-order valence-electron chi connectivity index (χ1n) is 11.8. The van der Waals surface area contributed by atoms with Gasteiger partial charge in [-0.05, 0) is 54.7 Å². The lowest BCUT2D eigenvalue weighted by molar-refractivity contribution is -0.141. The summed E-state index contributed by atoms with van der Waals surface area (Å²) in [6, 6.07) is 19.0. The molecule has 3 aromatic rings. The summed E-state index contributed by atoms with van der Waals surface area (Å²) in [6.45, 7) is 6.07. The van der Waals surface area contributed by atoms with Crippen LogP contribution < -0.4 is 5.32 Å². The summed E-state index contributed by atoms with van der Waals surface area (Å²) in [5, 5.41) is 6.28. The van der Waals surface area contributed by atoms with E-state index < -0.39 is 6.04 Å². The van der Waals surface area contributed by atoms with Crippen LogP contribution in [0.1, 0.15) is 51.2 Å². The molecule has 0 aliphatic rings. The summed E-state index contributed by atoms with van der Waals surface area (Å²) in [6.07, 6.45) is 2.16. The minimum Gasteiger partial charge on any atom is -0.352 e. The van der Waals surface area contributed by atoms with Crippen molar-refractivity contribution in [3.05, 3.63) is 81.8 Å². The van der Waals surface area contributed by atoms with Crippen molar-refractivity contribution in [3.8, 4) is 0 Å². The summed E-state index contributed by atoms with van der Waals surface area (Å²) in [7, 11) is 0. The van der Waals surface area contributed by atoms with E-state index in [2.05, 4.69) is 29.6 Å². The fourth-order valence-corrected chi connectivity index (χ4v) is 4.63. The number of fused-ring (bicyclic) bond motifs is 1. The number of rotatable bonds is 10. The van der Waals surface area contributed by atoms with Gasteiger partial charge in [-0.1, -0.05) is 85.6 Å². The number of nitrogens with one attached hydrogen (secondary N) is 1. The number of amides is 2. The largest absolute Gasteiger partial charge is 0.352 e. The van der Waals surface area contributed by atoms with Crippen molar-refractivity contribution in [1.29, 1.82) is 0 Å². The molecule has 0 saturated carbocycles. The second kappa shape index (κ2) is 12.2. The summed E-state index contributed by atoms with van der Waals surface area (Å²) in [5.41, 5.74) is 1.76. The molecule has 3 aromatic carbocycles. The Hall–Kier alpha value is -2.56. The molecule has 0 aliphatic carbocycles. The minimum absolute atomic E-state index is 0.0260. The highest BCUT2D eigenvalue weighted by atomic mass is 35.5. The summed E-state index contributed by atoms with van der Waals surface area (Å²) >= 11 is 12.9. The first-order chi connectivity index (χ1) is 16.3. The van der Waals surface area contributed by atoms with E-state index in [4.69, 9.17) is 23.2 Å². The van der Waals surface area contributed by atoms with Gasteiger partial charge in [0.2, 0.25) is 11.8 Å². The molecule has 0 spiro atoms. The highest BCUT2D eigenvalue weighted by Gasteiger charge is 2.30. The van der Waals surface area contributed by atoms with Gasteiger partial charge in [0.25, 0.3) is 0 Å². The quantitative estimate of drug-likeness (QED) is 0.334. The highest BCUT2D eigenvalue weighted by Crippen LogP contribution is 2.28. The molecule has 0 heterocycles. The Morgan fingerprint density at radius 2 is 1.56 bits per heavy atom. The molecule has 2 atom stereocenters. The van der Waals surface area contributed by atoms with E-state index in [9.17, 15) is 9.59 Å². The van der Waals surface area contributed by atoms with Crippen LogP contribution in [0.3, 0.4) is 0 Å².